The Morgan fingerprint density at radius 3 is 3.00 bits per heavy atom. The summed E-state index contributed by atoms with van der Waals surface area (Å²) in [6.45, 7) is 4.55. The number of benzene rings is 1. The lowest BCUT2D eigenvalue weighted by atomic mass is 10.2. The SMILES string of the molecule is CCCCOc1ccccc1/C=N/Nc1nc(C)cc(=O)[nH]1. The fourth-order valence-corrected chi connectivity index (χ4v) is 1.84. The van der Waals surface area contributed by atoms with E-state index >= 15 is 0 Å². The van der Waals surface area contributed by atoms with Gasteiger partial charge in [-0.1, -0.05) is 25.5 Å². The van der Waals surface area contributed by atoms with E-state index in [4.69, 9.17) is 4.74 Å². The summed E-state index contributed by atoms with van der Waals surface area (Å²) < 4.78 is 5.73. The highest BCUT2D eigenvalue weighted by Crippen LogP contribution is 2.16. The van der Waals surface area contributed by atoms with Crippen LogP contribution in [0.2, 0.25) is 0 Å². The number of unbranched alkanes of at least 4 members (excludes halogenated alkanes) is 1. The van der Waals surface area contributed by atoms with Crippen molar-refractivity contribution in [3.63, 3.8) is 0 Å². The molecule has 0 saturated carbocycles. The van der Waals surface area contributed by atoms with Crippen molar-refractivity contribution in [3.8, 4) is 5.75 Å². The van der Waals surface area contributed by atoms with Crippen LogP contribution in [0, 0.1) is 6.92 Å². The number of aromatic amines is 1. The van der Waals surface area contributed by atoms with Crippen LogP contribution >= 0.6 is 0 Å². The summed E-state index contributed by atoms with van der Waals surface area (Å²) in [5, 5.41) is 4.10. The molecule has 6 nitrogen and oxygen atoms in total. The average molecular weight is 300 g/mol. The van der Waals surface area contributed by atoms with Crippen LogP contribution in [-0.4, -0.2) is 22.8 Å². The zero-order chi connectivity index (χ0) is 15.8. The molecular formula is C16H20N4O2. The lowest BCUT2D eigenvalue weighted by Gasteiger charge is -2.08. The minimum atomic E-state index is -0.214. The molecule has 0 saturated heterocycles. The van der Waals surface area contributed by atoms with Gasteiger partial charge in [0.25, 0.3) is 5.56 Å². The molecule has 0 spiro atoms. The first-order valence-corrected chi connectivity index (χ1v) is 7.28. The van der Waals surface area contributed by atoms with E-state index in [0.717, 1.165) is 24.2 Å². The maximum atomic E-state index is 11.3. The van der Waals surface area contributed by atoms with Crippen molar-refractivity contribution in [2.45, 2.75) is 26.7 Å². The van der Waals surface area contributed by atoms with Gasteiger partial charge < -0.3 is 4.74 Å². The van der Waals surface area contributed by atoms with Crippen molar-refractivity contribution in [2.24, 2.45) is 5.10 Å². The first kappa shape index (κ1) is 15.8. The topological polar surface area (TPSA) is 79.4 Å². The molecule has 0 atom stereocenters. The van der Waals surface area contributed by atoms with E-state index in [1.165, 1.54) is 6.07 Å². The fourth-order valence-electron chi connectivity index (χ4n) is 1.84. The van der Waals surface area contributed by atoms with Crippen LogP contribution in [0.3, 0.4) is 0 Å². The van der Waals surface area contributed by atoms with Crippen molar-refractivity contribution >= 4 is 12.2 Å². The van der Waals surface area contributed by atoms with E-state index in [1.807, 2.05) is 24.3 Å². The number of hydrazone groups is 1. The lowest BCUT2D eigenvalue weighted by Crippen LogP contribution is -2.10. The van der Waals surface area contributed by atoms with E-state index in [9.17, 15) is 4.79 Å². The summed E-state index contributed by atoms with van der Waals surface area (Å²) in [5.41, 5.74) is 3.99. The second kappa shape index (κ2) is 7.97. The molecule has 0 fully saturated rings. The molecule has 2 aromatic rings. The molecule has 1 aromatic heterocycles. The zero-order valence-corrected chi connectivity index (χ0v) is 12.8. The molecule has 2 rings (SSSR count). The number of hydrogen-bond donors (Lipinski definition) is 2. The molecule has 22 heavy (non-hydrogen) atoms. The highest BCUT2D eigenvalue weighted by Gasteiger charge is 2.00. The Bertz CT molecular complexity index is 695. The van der Waals surface area contributed by atoms with Crippen molar-refractivity contribution in [1.29, 1.82) is 0 Å². The number of H-pyrrole nitrogens is 1. The Balaban J connectivity index is 2.04. The van der Waals surface area contributed by atoms with Crippen LogP contribution in [0.25, 0.3) is 0 Å². The quantitative estimate of drug-likeness (QED) is 0.468. The summed E-state index contributed by atoms with van der Waals surface area (Å²) in [6.07, 6.45) is 3.74. The molecular weight excluding hydrogens is 280 g/mol. The van der Waals surface area contributed by atoms with Gasteiger partial charge in [0.1, 0.15) is 5.75 Å². The minimum Gasteiger partial charge on any atom is -0.493 e. The Kier molecular flexibility index (Phi) is 5.71. The molecule has 1 aromatic carbocycles. The van der Waals surface area contributed by atoms with Crippen LogP contribution in [0.4, 0.5) is 5.95 Å². The van der Waals surface area contributed by atoms with Crippen molar-refractivity contribution < 1.29 is 4.74 Å². The molecule has 0 aliphatic heterocycles. The molecule has 0 radical (unpaired) electrons. The number of aryl methyl sites for hydroxylation is 1. The molecule has 6 heteroatoms. The summed E-state index contributed by atoms with van der Waals surface area (Å²) in [7, 11) is 0. The van der Waals surface area contributed by atoms with Gasteiger partial charge in [0.05, 0.1) is 12.8 Å². The van der Waals surface area contributed by atoms with Gasteiger partial charge in [-0.25, -0.2) is 10.4 Å². The Morgan fingerprint density at radius 2 is 2.23 bits per heavy atom. The second-order valence-corrected chi connectivity index (χ2v) is 4.85. The first-order chi connectivity index (χ1) is 10.7. The maximum absolute atomic E-state index is 11.3. The smallest absolute Gasteiger partial charge is 0.252 e. The number of rotatable bonds is 7. The Hall–Kier alpha value is -2.63. The van der Waals surface area contributed by atoms with Gasteiger partial charge in [0.2, 0.25) is 5.95 Å². The number of hydrogen-bond acceptors (Lipinski definition) is 5. The van der Waals surface area contributed by atoms with E-state index in [-0.39, 0.29) is 5.56 Å². The second-order valence-electron chi connectivity index (χ2n) is 4.85. The van der Waals surface area contributed by atoms with Gasteiger partial charge in [-0.15, -0.1) is 0 Å². The molecule has 0 bridgehead atoms. The molecule has 2 N–H and O–H groups in total. The summed E-state index contributed by atoms with van der Waals surface area (Å²) in [6, 6.07) is 9.08. The highest BCUT2D eigenvalue weighted by atomic mass is 16.5. The van der Waals surface area contributed by atoms with Crippen LogP contribution in [-0.2, 0) is 0 Å². The molecule has 0 aliphatic rings. The zero-order valence-electron chi connectivity index (χ0n) is 12.8. The largest absolute Gasteiger partial charge is 0.493 e. The number of anilines is 1. The minimum absolute atomic E-state index is 0.214. The number of nitrogens with one attached hydrogen (secondary N) is 2. The van der Waals surface area contributed by atoms with Crippen LogP contribution in [0.1, 0.15) is 31.0 Å². The van der Waals surface area contributed by atoms with E-state index in [0.29, 0.717) is 18.2 Å². The van der Waals surface area contributed by atoms with Crippen LogP contribution in [0.15, 0.2) is 40.2 Å². The molecule has 0 aliphatic carbocycles. The molecule has 0 amide bonds. The van der Waals surface area contributed by atoms with Gasteiger partial charge in [-0.2, -0.15) is 5.10 Å². The van der Waals surface area contributed by atoms with Crippen LogP contribution < -0.4 is 15.7 Å². The molecule has 0 unspecified atom stereocenters. The average Bonchev–Trinajstić information content (AvgIpc) is 2.48. The normalized spacial score (nSPS) is 10.8. The standard InChI is InChI=1S/C16H20N4O2/c1-3-4-9-22-14-8-6-5-7-13(14)11-17-20-16-18-12(2)10-15(21)19-16/h5-8,10-11H,3-4,9H2,1-2H3,(H2,18,19,20,21)/b17-11+. The predicted octanol–water partition coefficient (Wildman–Crippen LogP) is 2.70. The first-order valence-electron chi connectivity index (χ1n) is 7.28. The van der Waals surface area contributed by atoms with Crippen molar-refractivity contribution in [1.82, 2.24) is 9.97 Å². The van der Waals surface area contributed by atoms with Gasteiger partial charge in [-0.05, 0) is 25.5 Å². The third-order valence-corrected chi connectivity index (χ3v) is 2.92. The molecule has 1 heterocycles. The summed E-state index contributed by atoms with van der Waals surface area (Å²) >= 11 is 0. The van der Waals surface area contributed by atoms with E-state index in [2.05, 4.69) is 27.4 Å². The number of aromatic nitrogens is 2. The monoisotopic (exact) mass is 300 g/mol. The third kappa shape index (κ3) is 4.73. The Labute approximate surface area is 129 Å². The lowest BCUT2D eigenvalue weighted by molar-refractivity contribution is 0.309. The van der Waals surface area contributed by atoms with Gasteiger partial charge >= 0.3 is 0 Å². The fraction of sp³-hybridized carbons (Fsp3) is 0.312. The number of para-hydroxylation sites is 1. The van der Waals surface area contributed by atoms with Crippen LogP contribution in [0.5, 0.6) is 5.75 Å². The van der Waals surface area contributed by atoms with E-state index < -0.39 is 0 Å². The molecule has 116 valence electrons. The number of nitrogens with zero attached hydrogens (tertiary/aromatic N) is 2. The number of ether oxygens (including phenoxy) is 1. The Morgan fingerprint density at radius 1 is 1.41 bits per heavy atom. The summed E-state index contributed by atoms with van der Waals surface area (Å²) in [5.74, 6) is 1.10. The maximum Gasteiger partial charge on any atom is 0.252 e. The van der Waals surface area contributed by atoms with Gasteiger partial charge in [-0.3, -0.25) is 9.78 Å². The van der Waals surface area contributed by atoms with Crippen molar-refractivity contribution in [3.05, 3.63) is 51.9 Å². The van der Waals surface area contributed by atoms with E-state index in [1.54, 1.807) is 13.1 Å². The van der Waals surface area contributed by atoms with Gasteiger partial charge in [0, 0.05) is 17.3 Å². The van der Waals surface area contributed by atoms with Crippen molar-refractivity contribution in [2.75, 3.05) is 12.0 Å². The predicted molar refractivity (Wildman–Crippen MR) is 87.7 cm³/mol. The summed E-state index contributed by atoms with van der Waals surface area (Å²) in [4.78, 5) is 18.0. The third-order valence-electron chi connectivity index (χ3n) is 2.92. The van der Waals surface area contributed by atoms with Gasteiger partial charge in [0.15, 0.2) is 0 Å². The highest BCUT2D eigenvalue weighted by molar-refractivity contribution is 5.83.